The summed E-state index contributed by atoms with van der Waals surface area (Å²) >= 11 is 0. The van der Waals surface area contributed by atoms with Crippen LogP contribution in [0.2, 0.25) is 0 Å². The van der Waals surface area contributed by atoms with Crippen molar-refractivity contribution in [2.75, 3.05) is 5.73 Å². The Balaban J connectivity index is 0.00000196. The molecule has 0 fully saturated rings. The minimum Gasteiger partial charge on any atom is -0.399 e. The summed E-state index contributed by atoms with van der Waals surface area (Å²) in [5, 5.41) is 0. The zero-order valence-electron chi connectivity index (χ0n) is 8.01. The van der Waals surface area contributed by atoms with Crippen molar-refractivity contribution in [2.24, 2.45) is 5.73 Å². The molecule has 4 N–H and O–H groups in total. The maximum atomic E-state index is 13.3. The monoisotopic (exact) mass is 240 g/mol. The molecule has 86 valence electrons. The molecular formula is C9H12ClF3N2. The second kappa shape index (κ2) is 5.23. The summed E-state index contributed by atoms with van der Waals surface area (Å²) < 4.78 is 38.0. The van der Waals surface area contributed by atoms with Crippen LogP contribution in [0.25, 0.3) is 0 Å². The molecule has 0 aliphatic carbocycles. The molecule has 6 heteroatoms. The van der Waals surface area contributed by atoms with Crippen molar-refractivity contribution in [3.8, 4) is 0 Å². The minimum atomic E-state index is -2.88. The van der Waals surface area contributed by atoms with Crippen molar-refractivity contribution in [1.29, 1.82) is 0 Å². The molecule has 0 radical (unpaired) electrons. The lowest BCUT2D eigenvalue weighted by molar-refractivity contribution is 0.146. The van der Waals surface area contributed by atoms with Gasteiger partial charge < -0.3 is 11.5 Å². The van der Waals surface area contributed by atoms with Crippen LogP contribution in [0, 0.1) is 5.82 Å². The molecule has 0 aliphatic rings. The quantitative estimate of drug-likeness (QED) is 0.781. The first-order chi connectivity index (χ1) is 6.43. The van der Waals surface area contributed by atoms with E-state index in [4.69, 9.17) is 11.5 Å². The van der Waals surface area contributed by atoms with Gasteiger partial charge in [-0.2, -0.15) is 0 Å². The second-order valence-corrected chi connectivity index (χ2v) is 3.10. The van der Waals surface area contributed by atoms with Crippen molar-refractivity contribution >= 4 is 18.1 Å². The summed E-state index contributed by atoms with van der Waals surface area (Å²) in [6, 6.07) is 1.54. The van der Waals surface area contributed by atoms with Crippen molar-refractivity contribution in [3.05, 3.63) is 29.1 Å². The number of rotatable bonds is 2. The predicted molar refractivity (Wildman–Crippen MR) is 55.6 cm³/mol. The number of halogens is 4. The normalized spacial score (nSPS) is 12.4. The van der Waals surface area contributed by atoms with Gasteiger partial charge in [0.2, 0.25) is 0 Å². The summed E-state index contributed by atoms with van der Waals surface area (Å²) in [5.74, 6) is -0.968. The maximum absolute atomic E-state index is 13.3. The predicted octanol–water partition coefficient (Wildman–Crippen LogP) is 2.79. The van der Waals surface area contributed by atoms with E-state index < -0.39 is 23.8 Å². The smallest absolute Gasteiger partial charge is 0.266 e. The Morgan fingerprint density at radius 3 is 2.07 bits per heavy atom. The van der Waals surface area contributed by atoms with E-state index in [1.807, 2.05) is 0 Å². The van der Waals surface area contributed by atoms with Crippen LogP contribution in [0.3, 0.4) is 0 Å². The van der Waals surface area contributed by atoms with Gasteiger partial charge >= 0.3 is 0 Å². The first-order valence-electron chi connectivity index (χ1n) is 4.06. The summed E-state index contributed by atoms with van der Waals surface area (Å²) in [4.78, 5) is 0. The highest BCUT2D eigenvalue weighted by Crippen LogP contribution is 2.29. The largest absolute Gasteiger partial charge is 0.399 e. The molecule has 15 heavy (non-hydrogen) atoms. The second-order valence-electron chi connectivity index (χ2n) is 3.10. The molecule has 2 nitrogen and oxygen atoms in total. The fourth-order valence-corrected chi connectivity index (χ4v) is 1.18. The molecule has 1 aromatic carbocycles. The highest BCUT2D eigenvalue weighted by atomic mass is 35.5. The fraction of sp³-hybridized carbons (Fsp3) is 0.333. The fourth-order valence-electron chi connectivity index (χ4n) is 1.18. The average molecular weight is 241 g/mol. The molecule has 0 saturated heterocycles. The minimum absolute atomic E-state index is 0. The number of nitrogens with two attached hydrogens (primary N) is 2. The molecule has 0 heterocycles. The SMILES string of the molecule is CC(N)c1cc(N)cc(C(F)F)c1F.Cl. The van der Waals surface area contributed by atoms with Gasteiger partial charge in [-0.1, -0.05) is 0 Å². The molecule has 0 aliphatic heterocycles. The summed E-state index contributed by atoms with van der Waals surface area (Å²) in [6.07, 6.45) is -2.88. The third-order valence-corrected chi connectivity index (χ3v) is 1.88. The number of nitrogen functional groups attached to an aromatic ring is 1. The van der Waals surface area contributed by atoms with Crippen LogP contribution >= 0.6 is 12.4 Å². The van der Waals surface area contributed by atoms with Gasteiger partial charge in [-0.3, -0.25) is 0 Å². The lowest BCUT2D eigenvalue weighted by Crippen LogP contribution is -2.10. The zero-order valence-corrected chi connectivity index (χ0v) is 8.82. The zero-order chi connectivity index (χ0) is 10.9. The Bertz CT molecular complexity index is 313. The van der Waals surface area contributed by atoms with E-state index >= 15 is 0 Å². The van der Waals surface area contributed by atoms with Crippen molar-refractivity contribution in [2.45, 2.75) is 19.4 Å². The molecule has 1 rings (SSSR count). The van der Waals surface area contributed by atoms with Crippen molar-refractivity contribution in [1.82, 2.24) is 0 Å². The van der Waals surface area contributed by atoms with Crippen LogP contribution in [0.15, 0.2) is 12.1 Å². The van der Waals surface area contributed by atoms with Crippen molar-refractivity contribution in [3.63, 3.8) is 0 Å². The highest BCUT2D eigenvalue weighted by Gasteiger charge is 2.19. The Morgan fingerprint density at radius 1 is 1.20 bits per heavy atom. The first kappa shape index (κ1) is 14.1. The molecule has 1 atom stereocenters. The van der Waals surface area contributed by atoms with Gasteiger partial charge in [0.05, 0.1) is 5.56 Å². The Hall–Kier alpha value is -0.940. The van der Waals surface area contributed by atoms with Crippen LogP contribution in [0.1, 0.15) is 30.5 Å². The molecule has 0 saturated carbocycles. The van der Waals surface area contributed by atoms with E-state index in [1.54, 1.807) is 0 Å². The van der Waals surface area contributed by atoms with Crippen LogP contribution in [-0.4, -0.2) is 0 Å². The maximum Gasteiger partial charge on any atom is 0.266 e. The standard InChI is InChI=1S/C9H11F3N2.ClH/c1-4(13)6-2-5(14)3-7(8(6)10)9(11)12;/h2-4,9H,13-14H2,1H3;1H. The Kier molecular flexibility index (Phi) is 4.90. The van der Waals surface area contributed by atoms with E-state index in [9.17, 15) is 13.2 Å². The van der Waals surface area contributed by atoms with Crippen LogP contribution in [0.5, 0.6) is 0 Å². The van der Waals surface area contributed by atoms with Gasteiger partial charge in [0.1, 0.15) is 5.82 Å². The molecular weight excluding hydrogens is 229 g/mol. The number of hydrogen-bond acceptors (Lipinski definition) is 2. The van der Waals surface area contributed by atoms with Gasteiger partial charge in [0, 0.05) is 17.3 Å². The van der Waals surface area contributed by atoms with Crippen LogP contribution in [0.4, 0.5) is 18.9 Å². The van der Waals surface area contributed by atoms with E-state index in [2.05, 4.69) is 0 Å². The van der Waals surface area contributed by atoms with Gasteiger partial charge in [0.15, 0.2) is 0 Å². The van der Waals surface area contributed by atoms with Gasteiger partial charge in [-0.05, 0) is 19.1 Å². The topological polar surface area (TPSA) is 52.0 Å². The van der Waals surface area contributed by atoms with E-state index in [0.29, 0.717) is 0 Å². The molecule has 0 amide bonds. The van der Waals surface area contributed by atoms with Crippen LogP contribution < -0.4 is 11.5 Å². The molecule has 0 aromatic heterocycles. The number of hydrogen-bond donors (Lipinski definition) is 2. The summed E-state index contributed by atoms with van der Waals surface area (Å²) in [6.45, 7) is 1.51. The number of alkyl halides is 2. The Morgan fingerprint density at radius 2 is 1.67 bits per heavy atom. The molecule has 0 bridgehead atoms. The van der Waals surface area contributed by atoms with E-state index in [-0.39, 0.29) is 23.7 Å². The van der Waals surface area contributed by atoms with Crippen LogP contribution in [-0.2, 0) is 0 Å². The summed E-state index contributed by atoms with van der Waals surface area (Å²) in [5.41, 5.74) is 10.2. The van der Waals surface area contributed by atoms with E-state index in [1.165, 1.54) is 13.0 Å². The molecule has 0 spiro atoms. The molecule has 1 aromatic rings. The summed E-state index contributed by atoms with van der Waals surface area (Å²) in [7, 11) is 0. The highest BCUT2D eigenvalue weighted by molar-refractivity contribution is 5.85. The van der Waals surface area contributed by atoms with Gasteiger partial charge in [0.25, 0.3) is 6.43 Å². The number of anilines is 1. The third-order valence-electron chi connectivity index (χ3n) is 1.88. The average Bonchev–Trinajstić information content (AvgIpc) is 2.07. The lowest BCUT2D eigenvalue weighted by Gasteiger charge is -2.11. The third kappa shape index (κ3) is 3.00. The molecule has 1 unspecified atom stereocenters. The first-order valence-corrected chi connectivity index (χ1v) is 4.06. The number of benzene rings is 1. The van der Waals surface area contributed by atoms with Crippen molar-refractivity contribution < 1.29 is 13.2 Å². The van der Waals surface area contributed by atoms with Gasteiger partial charge in [-0.15, -0.1) is 12.4 Å². The van der Waals surface area contributed by atoms with E-state index in [0.717, 1.165) is 6.07 Å². The van der Waals surface area contributed by atoms with Gasteiger partial charge in [-0.25, -0.2) is 13.2 Å². The lowest BCUT2D eigenvalue weighted by atomic mass is 10.0. The Labute approximate surface area is 91.9 Å².